The molecule has 21 heavy (non-hydrogen) atoms. The monoisotopic (exact) mass is 351 g/mol. The Hall–Kier alpha value is -1.15. The third-order valence-corrected chi connectivity index (χ3v) is 3.49. The topological polar surface area (TPSA) is 63.1 Å². The van der Waals surface area contributed by atoms with Crippen molar-refractivity contribution in [2.24, 2.45) is 7.05 Å². The fourth-order valence-electron chi connectivity index (χ4n) is 1.88. The molecule has 2 aromatic rings. The number of carbonyl (C=O) groups is 1. The van der Waals surface area contributed by atoms with E-state index in [1.54, 1.807) is 35.4 Å². The van der Waals surface area contributed by atoms with Gasteiger partial charge >= 0.3 is 0 Å². The van der Waals surface area contributed by atoms with Gasteiger partial charge in [0.05, 0.1) is 23.9 Å². The molecule has 0 aliphatic heterocycles. The number of nitrogens with one attached hydrogen (secondary N) is 1. The van der Waals surface area contributed by atoms with Gasteiger partial charge in [-0.3, -0.25) is 9.48 Å². The van der Waals surface area contributed by atoms with Gasteiger partial charge in [-0.15, -0.1) is 36.2 Å². The number of hydrogen-bond acceptors (Lipinski definition) is 5. The van der Waals surface area contributed by atoms with Crippen LogP contribution in [0.2, 0.25) is 0 Å². The second-order valence-electron chi connectivity index (χ2n) is 4.34. The smallest absolute Gasteiger partial charge is 0.244 e. The van der Waals surface area contributed by atoms with E-state index in [2.05, 4.69) is 15.4 Å². The normalized spacial score (nSPS) is 11.2. The molecule has 0 radical (unpaired) electrons. The number of nitrogens with zero attached hydrogens (tertiary/aromatic N) is 4. The number of hydrogen-bond donors (Lipinski definition) is 1. The Morgan fingerprint density at radius 3 is 2.71 bits per heavy atom. The maximum Gasteiger partial charge on any atom is 0.244 e. The summed E-state index contributed by atoms with van der Waals surface area (Å²) in [6, 6.07) is -0.377. The maximum absolute atomic E-state index is 12.4. The summed E-state index contributed by atoms with van der Waals surface area (Å²) in [5.41, 5.74) is 3.53. The van der Waals surface area contributed by atoms with Crippen LogP contribution in [0.3, 0.4) is 0 Å². The first-order valence-corrected chi connectivity index (χ1v) is 6.84. The van der Waals surface area contributed by atoms with Crippen molar-refractivity contribution in [3.05, 3.63) is 34.5 Å². The number of aromatic nitrogens is 3. The quantitative estimate of drug-likeness (QED) is 0.889. The molecule has 1 unspecified atom stereocenters. The largest absolute Gasteiger partial charge is 0.338 e. The standard InChI is InChI=1S/C12H17N5OS.2ClH/c1-13-11(9-4-15-17(3)5-9)12(18)16(2)6-10-7-19-8-14-10;;/h4-5,7-8,11,13H,6H2,1-3H3;2*1H. The van der Waals surface area contributed by atoms with Gasteiger partial charge in [0.15, 0.2) is 0 Å². The van der Waals surface area contributed by atoms with Crippen molar-refractivity contribution in [3.63, 3.8) is 0 Å². The van der Waals surface area contributed by atoms with E-state index in [0.717, 1.165) is 11.3 Å². The van der Waals surface area contributed by atoms with E-state index < -0.39 is 0 Å². The number of rotatable bonds is 5. The van der Waals surface area contributed by atoms with E-state index in [9.17, 15) is 4.79 Å². The molecule has 2 rings (SSSR count). The molecule has 1 atom stereocenters. The maximum atomic E-state index is 12.4. The number of aryl methyl sites for hydroxylation is 1. The summed E-state index contributed by atoms with van der Waals surface area (Å²) in [5.74, 6) is 0.00324. The van der Waals surface area contributed by atoms with Crippen LogP contribution in [0.5, 0.6) is 0 Å². The number of halogens is 2. The van der Waals surface area contributed by atoms with Crippen molar-refractivity contribution < 1.29 is 4.79 Å². The molecule has 6 nitrogen and oxygen atoms in total. The average Bonchev–Trinajstić information content (AvgIpc) is 3.02. The molecule has 0 aromatic carbocycles. The van der Waals surface area contributed by atoms with Crippen molar-refractivity contribution in [2.75, 3.05) is 14.1 Å². The summed E-state index contributed by atoms with van der Waals surface area (Å²) in [6.07, 6.45) is 3.55. The highest BCUT2D eigenvalue weighted by atomic mass is 35.5. The van der Waals surface area contributed by atoms with Gasteiger partial charge in [0, 0.05) is 31.2 Å². The minimum absolute atomic E-state index is 0. The second-order valence-corrected chi connectivity index (χ2v) is 5.06. The van der Waals surface area contributed by atoms with Gasteiger partial charge in [-0.2, -0.15) is 5.10 Å². The molecule has 2 aromatic heterocycles. The van der Waals surface area contributed by atoms with Crippen LogP contribution in [0, 0.1) is 0 Å². The van der Waals surface area contributed by atoms with Crippen LogP contribution in [0.4, 0.5) is 0 Å². The molecule has 118 valence electrons. The Bertz CT molecular complexity index is 546. The molecule has 0 aliphatic carbocycles. The van der Waals surface area contributed by atoms with Gasteiger partial charge < -0.3 is 10.2 Å². The lowest BCUT2D eigenvalue weighted by Crippen LogP contribution is -2.37. The van der Waals surface area contributed by atoms with Crippen molar-refractivity contribution in [2.45, 2.75) is 12.6 Å². The summed E-state index contributed by atoms with van der Waals surface area (Å²) >= 11 is 1.53. The molecule has 1 amide bonds. The summed E-state index contributed by atoms with van der Waals surface area (Å²) in [6.45, 7) is 0.515. The fraction of sp³-hybridized carbons (Fsp3) is 0.417. The molecule has 0 aliphatic rings. The SMILES string of the molecule is CNC(C(=O)N(C)Cc1cscn1)c1cnn(C)c1.Cl.Cl. The van der Waals surface area contributed by atoms with E-state index in [1.165, 1.54) is 11.3 Å². The Labute approximate surface area is 140 Å². The van der Waals surface area contributed by atoms with Gasteiger partial charge in [0.2, 0.25) is 5.91 Å². The van der Waals surface area contributed by atoms with Crippen molar-refractivity contribution >= 4 is 42.1 Å². The molecular weight excluding hydrogens is 333 g/mol. The van der Waals surface area contributed by atoms with Crippen molar-refractivity contribution in [1.29, 1.82) is 0 Å². The van der Waals surface area contributed by atoms with Gasteiger partial charge in [-0.05, 0) is 7.05 Å². The summed E-state index contributed by atoms with van der Waals surface area (Å²) in [4.78, 5) is 18.3. The van der Waals surface area contributed by atoms with Crippen molar-refractivity contribution in [1.82, 2.24) is 25.0 Å². The highest BCUT2D eigenvalue weighted by Crippen LogP contribution is 2.15. The van der Waals surface area contributed by atoms with Gasteiger partial charge in [0.25, 0.3) is 0 Å². The van der Waals surface area contributed by atoms with E-state index in [-0.39, 0.29) is 36.8 Å². The number of carbonyl (C=O) groups excluding carboxylic acids is 1. The molecule has 9 heteroatoms. The molecule has 1 N–H and O–H groups in total. The molecule has 0 bridgehead atoms. The summed E-state index contributed by atoms with van der Waals surface area (Å²) in [5, 5.41) is 9.07. The third kappa shape index (κ3) is 4.96. The summed E-state index contributed by atoms with van der Waals surface area (Å²) in [7, 11) is 5.38. The molecule has 0 fully saturated rings. The van der Waals surface area contributed by atoms with Crippen molar-refractivity contribution in [3.8, 4) is 0 Å². The zero-order valence-electron chi connectivity index (χ0n) is 12.0. The van der Waals surface area contributed by atoms with E-state index in [4.69, 9.17) is 0 Å². The van der Waals surface area contributed by atoms with Gasteiger partial charge in [-0.25, -0.2) is 4.98 Å². The van der Waals surface area contributed by atoms with Crippen LogP contribution in [0.1, 0.15) is 17.3 Å². The first-order valence-electron chi connectivity index (χ1n) is 5.89. The second kappa shape index (κ2) is 8.99. The lowest BCUT2D eigenvalue weighted by atomic mass is 10.1. The summed E-state index contributed by atoms with van der Waals surface area (Å²) < 4.78 is 1.69. The molecule has 0 saturated carbocycles. The number of likely N-dealkylation sites (N-methyl/N-ethyl adjacent to an activating group) is 2. The van der Waals surface area contributed by atoms with Gasteiger partial charge in [0.1, 0.15) is 6.04 Å². The molecule has 2 heterocycles. The molecule has 0 saturated heterocycles. The van der Waals surface area contributed by atoms with Crippen LogP contribution in [-0.2, 0) is 18.4 Å². The zero-order chi connectivity index (χ0) is 13.8. The first-order chi connectivity index (χ1) is 9.11. The third-order valence-electron chi connectivity index (χ3n) is 2.85. The fourth-order valence-corrected chi connectivity index (χ4v) is 2.43. The minimum atomic E-state index is -0.377. The lowest BCUT2D eigenvalue weighted by Gasteiger charge is -2.22. The molecule has 0 spiro atoms. The number of amides is 1. The van der Waals surface area contributed by atoms with E-state index in [0.29, 0.717) is 6.54 Å². The zero-order valence-corrected chi connectivity index (χ0v) is 14.5. The van der Waals surface area contributed by atoms with Gasteiger partial charge in [-0.1, -0.05) is 0 Å². The van der Waals surface area contributed by atoms with E-state index >= 15 is 0 Å². The van der Waals surface area contributed by atoms with E-state index in [1.807, 2.05) is 18.6 Å². The number of thiazole rings is 1. The highest BCUT2D eigenvalue weighted by Gasteiger charge is 2.23. The Kier molecular flexibility index (Phi) is 8.50. The van der Waals surface area contributed by atoms with Crippen LogP contribution >= 0.6 is 36.2 Å². The Morgan fingerprint density at radius 2 is 2.24 bits per heavy atom. The highest BCUT2D eigenvalue weighted by molar-refractivity contribution is 7.07. The Morgan fingerprint density at radius 1 is 1.52 bits per heavy atom. The predicted octanol–water partition coefficient (Wildman–Crippen LogP) is 1.64. The van der Waals surface area contributed by atoms with Crippen LogP contribution in [0.15, 0.2) is 23.3 Å². The predicted molar refractivity (Wildman–Crippen MR) is 88.1 cm³/mol. The van der Waals surface area contributed by atoms with Crippen LogP contribution in [0.25, 0.3) is 0 Å². The van der Waals surface area contributed by atoms with Crippen LogP contribution in [-0.4, -0.2) is 39.7 Å². The minimum Gasteiger partial charge on any atom is -0.338 e. The first kappa shape index (κ1) is 19.9. The average molecular weight is 352 g/mol. The molecular formula is C12H19Cl2N5OS. The van der Waals surface area contributed by atoms with Crippen LogP contribution < -0.4 is 5.32 Å². The lowest BCUT2D eigenvalue weighted by molar-refractivity contribution is -0.132. The Balaban J connectivity index is 0.00000200.